The minimum Gasteiger partial charge on any atom is -0.208 e. The highest BCUT2D eigenvalue weighted by molar-refractivity contribution is 5.85. The first kappa shape index (κ1) is 28.9. The Morgan fingerprint density at radius 2 is 0.860 bits per heavy atom. The second kappa shape index (κ2) is 11.1. The minimum atomic E-state index is 0.258. The molecule has 1 aromatic heterocycles. The Kier molecular flexibility index (Phi) is 6.39. The van der Waals surface area contributed by atoms with E-state index in [4.69, 9.17) is 15.0 Å². The molecule has 4 unspecified atom stereocenters. The summed E-state index contributed by atoms with van der Waals surface area (Å²) in [5, 5.41) is 0. The number of hydrogen-bond acceptors (Lipinski definition) is 3. The number of aromatic nitrogens is 3. The molecule has 7 aliphatic rings. The van der Waals surface area contributed by atoms with Crippen molar-refractivity contribution in [2.45, 2.75) is 43.9 Å². The molecular weight excluding hydrogens is 607 g/mol. The summed E-state index contributed by atoms with van der Waals surface area (Å²) in [5.41, 5.74) is 10.0. The van der Waals surface area contributed by atoms with Crippen molar-refractivity contribution in [1.82, 2.24) is 15.0 Å². The van der Waals surface area contributed by atoms with Crippen LogP contribution in [0.25, 0.3) is 56.4 Å². The number of hydrogen-bond donors (Lipinski definition) is 0. The summed E-state index contributed by atoms with van der Waals surface area (Å²) in [6.07, 6.45) is 8.68. The average Bonchev–Trinajstić information content (AvgIpc) is 3.20. The molecule has 3 heteroatoms. The van der Waals surface area contributed by atoms with E-state index in [-0.39, 0.29) is 5.41 Å². The largest absolute Gasteiger partial charge is 0.208 e. The van der Waals surface area contributed by atoms with E-state index in [0.717, 1.165) is 75.6 Å². The maximum absolute atomic E-state index is 5.27. The Labute approximate surface area is 294 Å². The van der Waals surface area contributed by atoms with Crippen molar-refractivity contribution in [3.05, 3.63) is 139 Å². The van der Waals surface area contributed by atoms with Crippen LogP contribution >= 0.6 is 0 Å². The lowest BCUT2D eigenvalue weighted by molar-refractivity contribution is -0.220. The maximum atomic E-state index is 5.27. The maximum Gasteiger partial charge on any atom is 0.164 e. The van der Waals surface area contributed by atoms with Gasteiger partial charge in [-0.15, -0.1) is 0 Å². The van der Waals surface area contributed by atoms with Gasteiger partial charge in [-0.1, -0.05) is 121 Å². The molecule has 0 radical (unpaired) electrons. The quantitative estimate of drug-likeness (QED) is 0.181. The Bertz CT molecular complexity index is 2150. The third kappa shape index (κ3) is 4.31. The Morgan fingerprint density at radius 1 is 0.400 bits per heavy atom. The van der Waals surface area contributed by atoms with E-state index in [1.54, 1.807) is 5.56 Å². The van der Waals surface area contributed by atoms with Gasteiger partial charge in [-0.05, 0) is 120 Å². The van der Waals surface area contributed by atoms with Crippen molar-refractivity contribution in [3.8, 4) is 56.4 Å². The molecule has 0 saturated heterocycles. The first-order valence-electron chi connectivity index (χ1n) is 18.9. The topological polar surface area (TPSA) is 38.7 Å². The normalized spacial score (nSPS) is 29.8. The monoisotopic (exact) mass is 647 g/mol. The summed E-state index contributed by atoms with van der Waals surface area (Å²) in [7, 11) is 0. The molecule has 7 fully saturated rings. The van der Waals surface area contributed by atoms with E-state index in [1.807, 2.05) is 0 Å². The van der Waals surface area contributed by atoms with Crippen LogP contribution in [0.1, 0.15) is 44.1 Å². The van der Waals surface area contributed by atoms with Crippen LogP contribution in [0, 0.1) is 41.4 Å². The Balaban J connectivity index is 1.16. The van der Waals surface area contributed by atoms with Crippen molar-refractivity contribution in [3.63, 3.8) is 0 Å². The van der Waals surface area contributed by atoms with E-state index in [2.05, 4.69) is 133 Å². The predicted octanol–water partition coefficient (Wildman–Crippen LogP) is 11.2. The molecule has 0 aliphatic heterocycles. The van der Waals surface area contributed by atoms with Gasteiger partial charge in [-0.3, -0.25) is 0 Å². The molecule has 7 aliphatic carbocycles. The fraction of sp³-hybridized carbons (Fsp3) is 0.298. The molecule has 8 bridgehead atoms. The minimum absolute atomic E-state index is 0.258. The van der Waals surface area contributed by atoms with E-state index < -0.39 is 0 Å². The van der Waals surface area contributed by atoms with Gasteiger partial charge < -0.3 is 0 Å². The van der Waals surface area contributed by atoms with Gasteiger partial charge >= 0.3 is 0 Å². The van der Waals surface area contributed by atoms with Gasteiger partial charge in [-0.2, -0.15) is 0 Å². The lowest BCUT2D eigenvalue weighted by atomic mass is 9.30. The second-order valence-electron chi connectivity index (χ2n) is 16.1. The molecule has 4 atom stereocenters. The number of rotatable bonds is 6. The lowest BCUT2D eigenvalue weighted by Crippen LogP contribution is -2.69. The molecule has 0 amide bonds. The van der Waals surface area contributed by atoms with Crippen molar-refractivity contribution < 1.29 is 0 Å². The molecule has 6 aromatic rings. The van der Waals surface area contributed by atoms with Crippen LogP contribution in [0.15, 0.2) is 133 Å². The molecule has 7 saturated carbocycles. The number of nitrogens with zero attached hydrogens (tertiary/aromatic N) is 3. The summed E-state index contributed by atoms with van der Waals surface area (Å²) in [6.45, 7) is 0. The molecule has 13 rings (SSSR count). The fourth-order valence-electron chi connectivity index (χ4n) is 12.2. The van der Waals surface area contributed by atoms with E-state index in [0.29, 0.717) is 0 Å². The standard InChI is InChI=1S/C47H41N3/c1-4-12-31(13-5-1)37-18-10-11-19-38(37)34-25-35(46-49-44(32-14-6-2-7-15-32)48-45(50-46)33-16-8-3-9-17-33)27-36(26-34)47-28-30-21-40-39-20-29(23-42(40)47)24-43(47)41(39)22-30/h1-19,25-27,29-30,39-43H,20-24,28H2. The van der Waals surface area contributed by atoms with E-state index in [9.17, 15) is 0 Å². The highest BCUT2D eigenvalue weighted by Gasteiger charge is 2.70. The molecule has 0 spiro atoms. The van der Waals surface area contributed by atoms with Crippen molar-refractivity contribution >= 4 is 0 Å². The van der Waals surface area contributed by atoms with Gasteiger partial charge in [-0.25, -0.2) is 15.0 Å². The summed E-state index contributed by atoms with van der Waals surface area (Å²) < 4.78 is 0. The van der Waals surface area contributed by atoms with Crippen LogP contribution in [0.4, 0.5) is 0 Å². The van der Waals surface area contributed by atoms with Crippen LogP contribution in [0.3, 0.4) is 0 Å². The summed E-state index contributed by atoms with van der Waals surface area (Å²) in [5.74, 6) is 8.44. The Morgan fingerprint density at radius 3 is 1.44 bits per heavy atom. The van der Waals surface area contributed by atoms with Crippen LogP contribution in [-0.2, 0) is 5.41 Å². The second-order valence-corrected chi connectivity index (χ2v) is 16.1. The molecule has 3 nitrogen and oxygen atoms in total. The van der Waals surface area contributed by atoms with Crippen molar-refractivity contribution in [2.24, 2.45) is 41.4 Å². The third-order valence-corrected chi connectivity index (χ3v) is 13.8. The van der Waals surface area contributed by atoms with Crippen molar-refractivity contribution in [2.75, 3.05) is 0 Å². The Hall–Kier alpha value is -4.89. The first-order valence-corrected chi connectivity index (χ1v) is 18.9. The van der Waals surface area contributed by atoms with E-state index in [1.165, 1.54) is 60.8 Å². The zero-order chi connectivity index (χ0) is 32.8. The van der Waals surface area contributed by atoms with Gasteiger partial charge in [0.25, 0.3) is 0 Å². The van der Waals surface area contributed by atoms with Crippen LogP contribution in [-0.4, -0.2) is 15.0 Å². The number of benzene rings is 5. The zero-order valence-corrected chi connectivity index (χ0v) is 28.3. The molecular formula is C47H41N3. The molecule has 50 heavy (non-hydrogen) atoms. The van der Waals surface area contributed by atoms with Crippen LogP contribution < -0.4 is 0 Å². The molecule has 1 heterocycles. The highest BCUT2D eigenvalue weighted by atomic mass is 15.0. The zero-order valence-electron chi connectivity index (χ0n) is 28.3. The first-order chi connectivity index (χ1) is 24.7. The molecule has 244 valence electrons. The molecule has 0 N–H and O–H groups in total. The van der Waals surface area contributed by atoms with E-state index >= 15 is 0 Å². The van der Waals surface area contributed by atoms with Crippen LogP contribution in [0.2, 0.25) is 0 Å². The highest BCUT2D eigenvalue weighted by Crippen LogP contribution is 2.76. The van der Waals surface area contributed by atoms with Gasteiger partial charge in [0.2, 0.25) is 0 Å². The smallest absolute Gasteiger partial charge is 0.164 e. The van der Waals surface area contributed by atoms with Gasteiger partial charge in [0, 0.05) is 22.1 Å². The van der Waals surface area contributed by atoms with Gasteiger partial charge in [0.15, 0.2) is 17.5 Å². The van der Waals surface area contributed by atoms with Gasteiger partial charge in [0.1, 0.15) is 0 Å². The average molecular weight is 648 g/mol. The van der Waals surface area contributed by atoms with Gasteiger partial charge in [0.05, 0.1) is 0 Å². The predicted molar refractivity (Wildman–Crippen MR) is 201 cm³/mol. The summed E-state index contributed by atoms with van der Waals surface area (Å²) in [4.78, 5) is 15.6. The fourth-order valence-corrected chi connectivity index (χ4v) is 12.2. The third-order valence-electron chi connectivity index (χ3n) is 13.8. The SMILES string of the molecule is c1ccc(-c2nc(-c3ccccc3)nc(-c3cc(-c4ccccc4-c4ccccc4)cc(C45CC6CC7C8CC(CC74)CC5C8C6)c3)n2)cc1. The lowest BCUT2D eigenvalue weighted by Gasteiger charge is -2.74. The van der Waals surface area contributed by atoms with Crippen LogP contribution in [0.5, 0.6) is 0 Å². The van der Waals surface area contributed by atoms with Crippen molar-refractivity contribution in [1.29, 1.82) is 0 Å². The summed E-state index contributed by atoms with van der Waals surface area (Å²) in [6, 6.07) is 48.2. The summed E-state index contributed by atoms with van der Waals surface area (Å²) >= 11 is 0. The molecule has 5 aromatic carbocycles.